The summed E-state index contributed by atoms with van der Waals surface area (Å²) in [6, 6.07) is 11.7. The zero-order valence-electron chi connectivity index (χ0n) is 9.96. The van der Waals surface area contributed by atoms with Gasteiger partial charge in [0, 0.05) is 16.8 Å². The van der Waals surface area contributed by atoms with Crippen molar-refractivity contribution in [2.45, 2.75) is 17.6 Å². The van der Waals surface area contributed by atoms with Crippen LogP contribution in [0.15, 0.2) is 47.5 Å². The van der Waals surface area contributed by atoms with Gasteiger partial charge in [0.15, 0.2) is 0 Å². The highest BCUT2D eigenvalue weighted by molar-refractivity contribution is 7.98. The van der Waals surface area contributed by atoms with Gasteiger partial charge in [-0.1, -0.05) is 17.7 Å². The molecule has 0 unspecified atom stereocenters. The molecule has 0 aliphatic rings. The first kappa shape index (κ1) is 12.6. The molecule has 0 aliphatic heterocycles. The van der Waals surface area contributed by atoms with E-state index in [1.165, 1.54) is 16.7 Å². The van der Waals surface area contributed by atoms with Gasteiger partial charge in [-0.2, -0.15) is 0 Å². The highest BCUT2D eigenvalue weighted by atomic mass is 32.2. The second-order valence-electron chi connectivity index (χ2n) is 3.96. The first-order valence-electron chi connectivity index (χ1n) is 5.53. The number of nitrogens with zero attached hydrogens (tertiary/aromatic N) is 1. The predicted molar refractivity (Wildman–Crippen MR) is 71.9 cm³/mol. The van der Waals surface area contributed by atoms with Gasteiger partial charge < -0.3 is 5.11 Å². The molecule has 18 heavy (non-hydrogen) atoms. The van der Waals surface area contributed by atoms with Crippen LogP contribution in [0.2, 0.25) is 0 Å². The monoisotopic (exact) mass is 259 g/mol. The average Bonchev–Trinajstić information content (AvgIpc) is 2.38. The minimum Gasteiger partial charge on any atom is -0.477 e. The van der Waals surface area contributed by atoms with Gasteiger partial charge in [-0.05, 0) is 36.8 Å². The van der Waals surface area contributed by atoms with Gasteiger partial charge in [-0.15, -0.1) is 11.8 Å². The van der Waals surface area contributed by atoms with E-state index in [0.29, 0.717) is 0 Å². The van der Waals surface area contributed by atoms with Crippen molar-refractivity contribution in [3.8, 4) is 0 Å². The molecule has 0 bridgehead atoms. The minimum absolute atomic E-state index is 0.0945. The lowest BCUT2D eigenvalue weighted by Gasteiger charge is -2.03. The molecule has 1 N–H and O–H groups in total. The molecule has 92 valence electrons. The smallest absolute Gasteiger partial charge is 0.354 e. The fourth-order valence-electron chi connectivity index (χ4n) is 1.48. The van der Waals surface area contributed by atoms with Crippen molar-refractivity contribution in [3.05, 3.63) is 59.4 Å². The molecule has 0 aliphatic carbocycles. The Kier molecular flexibility index (Phi) is 3.99. The third kappa shape index (κ3) is 3.34. The van der Waals surface area contributed by atoms with Gasteiger partial charge in [0.2, 0.25) is 0 Å². The number of rotatable bonds is 4. The maximum Gasteiger partial charge on any atom is 0.354 e. The van der Waals surface area contributed by atoms with Crippen molar-refractivity contribution in [2.75, 3.05) is 0 Å². The predicted octanol–water partition coefficient (Wildman–Crippen LogP) is 3.38. The van der Waals surface area contributed by atoms with Crippen LogP contribution < -0.4 is 0 Å². The fraction of sp³-hybridized carbons (Fsp3) is 0.143. The molecule has 1 aromatic heterocycles. The highest BCUT2D eigenvalue weighted by Crippen LogP contribution is 2.23. The molecule has 4 heteroatoms. The van der Waals surface area contributed by atoms with Crippen LogP contribution in [0.25, 0.3) is 0 Å². The summed E-state index contributed by atoms with van der Waals surface area (Å²) in [6.07, 6.45) is 1.54. The van der Waals surface area contributed by atoms with Crippen molar-refractivity contribution in [2.24, 2.45) is 0 Å². The van der Waals surface area contributed by atoms with Crippen LogP contribution in [-0.4, -0.2) is 16.1 Å². The molecule has 0 atom stereocenters. The molecule has 0 fully saturated rings. The molecule has 0 saturated heterocycles. The fourth-order valence-corrected chi connectivity index (χ4v) is 2.32. The molecule has 1 heterocycles. The van der Waals surface area contributed by atoms with Crippen LogP contribution in [0.3, 0.4) is 0 Å². The van der Waals surface area contributed by atoms with E-state index in [0.717, 1.165) is 11.3 Å². The van der Waals surface area contributed by atoms with E-state index in [4.69, 9.17) is 5.11 Å². The molecule has 3 nitrogen and oxygen atoms in total. The van der Waals surface area contributed by atoms with Crippen molar-refractivity contribution < 1.29 is 9.90 Å². The zero-order chi connectivity index (χ0) is 13.0. The van der Waals surface area contributed by atoms with E-state index in [1.54, 1.807) is 17.8 Å². The Balaban J connectivity index is 2.04. The van der Waals surface area contributed by atoms with Crippen LogP contribution in [0, 0.1) is 6.92 Å². The molecule has 0 saturated carbocycles. The summed E-state index contributed by atoms with van der Waals surface area (Å²) < 4.78 is 0. The Bertz CT molecular complexity index is 552. The van der Waals surface area contributed by atoms with E-state index in [-0.39, 0.29) is 5.69 Å². The molecule has 0 spiro atoms. The second-order valence-corrected chi connectivity index (χ2v) is 5.00. The molecule has 2 aromatic rings. The van der Waals surface area contributed by atoms with Crippen LogP contribution in [0.5, 0.6) is 0 Å². The molecule has 2 rings (SSSR count). The largest absolute Gasteiger partial charge is 0.477 e. The standard InChI is InChI=1S/C14H13NO2S/c1-10-2-4-12(5-3-10)18-9-11-6-7-15-13(8-11)14(16)17/h2-8H,9H2,1H3,(H,16,17). The number of aryl methyl sites for hydroxylation is 1. The van der Waals surface area contributed by atoms with Crippen LogP contribution >= 0.6 is 11.8 Å². The van der Waals surface area contributed by atoms with Gasteiger partial charge in [0.25, 0.3) is 0 Å². The number of benzene rings is 1. The summed E-state index contributed by atoms with van der Waals surface area (Å²) >= 11 is 1.68. The summed E-state index contributed by atoms with van der Waals surface area (Å²) in [6.45, 7) is 2.05. The number of pyridine rings is 1. The van der Waals surface area contributed by atoms with Crippen LogP contribution in [-0.2, 0) is 5.75 Å². The van der Waals surface area contributed by atoms with E-state index in [9.17, 15) is 4.79 Å². The lowest BCUT2D eigenvalue weighted by atomic mass is 10.2. The molecule has 1 aromatic carbocycles. The summed E-state index contributed by atoms with van der Waals surface area (Å²) in [7, 11) is 0. The maximum absolute atomic E-state index is 10.8. The first-order valence-corrected chi connectivity index (χ1v) is 6.51. The minimum atomic E-state index is -0.989. The summed E-state index contributed by atoms with van der Waals surface area (Å²) in [4.78, 5) is 15.8. The summed E-state index contributed by atoms with van der Waals surface area (Å²) in [5, 5.41) is 8.86. The lowest BCUT2D eigenvalue weighted by Crippen LogP contribution is -2.00. The van der Waals surface area contributed by atoms with E-state index >= 15 is 0 Å². The third-order valence-electron chi connectivity index (χ3n) is 2.47. The number of thioether (sulfide) groups is 1. The molecule has 0 amide bonds. The third-order valence-corrected chi connectivity index (χ3v) is 3.55. The summed E-state index contributed by atoms with van der Waals surface area (Å²) in [5.74, 6) is -0.247. The quantitative estimate of drug-likeness (QED) is 0.855. The Labute approximate surface area is 110 Å². The number of aromatic carboxylic acids is 1. The van der Waals surface area contributed by atoms with Crippen molar-refractivity contribution in [1.82, 2.24) is 4.98 Å². The van der Waals surface area contributed by atoms with E-state index < -0.39 is 5.97 Å². The molecular weight excluding hydrogens is 246 g/mol. The van der Waals surface area contributed by atoms with Crippen LogP contribution in [0.1, 0.15) is 21.6 Å². The maximum atomic E-state index is 10.8. The van der Waals surface area contributed by atoms with E-state index in [1.807, 2.05) is 6.07 Å². The van der Waals surface area contributed by atoms with Crippen LogP contribution in [0.4, 0.5) is 0 Å². The number of carboxylic acids is 1. The number of hydrogen-bond donors (Lipinski definition) is 1. The SMILES string of the molecule is Cc1ccc(SCc2ccnc(C(=O)O)c2)cc1. The lowest BCUT2D eigenvalue weighted by molar-refractivity contribution is 0.0690. The zero-order valence-corrected chi connectivity index (χ0v) is 10.8. The highest BCUT2D eigenvalue weighted by Gasteiger charge is 2.05. The van der Waals surface area contributed by atoms with E-state index in [2.05, 4.69) is 36.2 Å². The second kappa shape index (κ2) is 5.69. The number of aromatic nitrogens is 1. The van der Waals surface area contributed by atoms with Gasteiger partial charge in [0.05, 0.1) is 0 Å². The number of carboxylic acid groups (broad SMARTS) is 1. The van der Waals surface area contributed by atoms with Crippen molar-refractivity contribution in [1.29, 1.82) is 0 Å². The van der Waals surface area contributed by atoms with Gasteiger partial charge in [0.1, 0.15) is 5.69 Å². The first-order chi connectivity index (χ1) is 8.65. The number of carbonyl (C=O) groups is 1. The topological polar surface area (TPSA) is 50.2 Å². The Hall–Kier alpha value is -1.81. The van der Waals surface area contributed by atoms with Crippen molar-refractivity contribution >= 4 is 17.7 Å². The van der Waals surface area contributed by atoms with Crippen molar-refractivity contribution in [3.63, 3.8) is 0 Å². The average molecular weight is 259 g/mol. The van der Waals surface area contributed by atoms with Gasteiger partial charge >= 0.3 is 5.97 Å². The normalized spacial score (nSPS) is 10.3. The van der Waals surface area contributed by atoms with Gasteiger partial charge in [-0.3, -0.25) is 0 Å². The summed E-state index contributed by atoms with van der Waals surface area (Å²) in [5.41, 5.74) is 2.29. The number of hydrogen-bond acceptors (Lipinski definition) is 3. The molecule has 0 radical (unpaired) electrons. The molecular formula is C14H13NO2S. The Morgan fingerprint density at radius 3 is 2.67 bits per heavy atom. The van der Waals surface area contributed by atoms with Gasteiger partial charge in [-0.25, -0.2) is 9.78 Å². The Morgan fingerprint density at radius 1 is 1.28 bits per heavy atom. The Morgan fingerprint density at radius 2 is 2.00 bits per heavy atom.